The van der Waals surface area contributed by atoms with Crippen LogP contribution in [0.4, 0.5) is 10.1 Å². The minimum absolute atomic E-state index is 0.237. The van der Waals surface area contributed by atoms with E-state index in [-0.39, 0.29) is 5.82 Å². The summed E-state index contributed by atoms with van der Waals surface area (Å²) < 4.78 is 13.8. The molecule has 0 spiro atoms. The van der Waals surface area contributed by atoms with Crippen molar-refractivity contribution >= 4 is 11.6 Å². The van der Waals surface area contributed by atoms with Crippen LogP contribution in [-0.4, -0.2) is 26.6 Å². The number of nitrogens with two attached hydrogens (primary N) is 1. The third-order valence-electron chi connectivity index (χ3n) is 3.26. The third-order valence-corrected chi connectivity index (χ3v) is 3.26. The Labute approximate surface area is 127 Å². The number of hydrogen-bond acceptors (Lipinski definition) is 2. The summed E-state index contributed by atoms with van der Waals surface area (Å²) in [6.45, 7) is 3.41. The molecule has 0 aromatic heterocycles. The highest BCUT2D eigenvalue weighted by molar-refractivity contribution is 5.77. The van der Waals surface area contributed by atoms with Gasteiger partial charge in [-0.1, -0.05) is 32.3 Å². The molecule has 0 radical (unpaired) electrons. The fourth-order valence-corrected chi connectivity index (χ4v) is 2.01. The minimum Gasteiger partial charge on any atom is -0.375 e. The van der Waals surface area contributed by atoms with Gasteiger partial charge in [0.1, 0.15) is 5.82 Å². The molecule has 0 unspecified atom stereocenters. The summed E-state index contributed by atoms with van der Waals surface area (Å²) >= 11 is 0. The number of hydrogen-bond donors (Lipinski definition) is 2. The summed E-state index contributed by atoms with van der Waals surface area (Å²) in [5, 5.41) is 3.08. The number of guanidine groups is 1. The minimum atomic E-state index is -0.237. The molecule has 0 saturated carbocycles. The Morgan fingerprint density at radius 2 is 2.05 bits per heavy atom. The highest BCUT2D eigenvalue weighted by Gasteiger charge is 2.04. The van der Waals surface area contributed by atoms with Gasteiger partial charge >= 0.3 is 0 Å². The number of nitrogens with one attached hydrogen (secondary N) is 1. The molecule has 0 aliphatic carbocycles. The molecule has 118 valence electrons. The maximum absolute atomic E-state index is 13.8. The summed E-state index contributed by atoms with van der Waals surface area (Å²) in [6.07, 6.45) is 4.76. The lowest BCUT2D eigenvalue weighted by Gasteiger charge is -2.13. The highest BCUT2D eigenvalue weighted by atomic mass is 19.1. The van der Waals surface area contributed by atoms with Crippen molar-refractivity contribution in [3.8, 4) is 0 Å². The fraction of sp³-hybridized carbons (Fsp3) is 0.562. The number of anilines is 1. The monoisotopic (exact) mass is 294 g/mol. The second-order valence-corrected chi connectivity index (χ2v) is 5.37. The quantitative estimate of drug-likeness (QED) is 0.440. The van der Waals surface area contributed by atoms with Crippen molar-refractivity contribution in [3.05, 3.63) is 29.6 Å². The molecule has 1 aromatic carbocycles. The Balaban J connectivity index is 2.42. The van der Waals surface area contributed by atoms with E-state index in [1.165, 1.54) is 25.3 Å². The number of rotatable bonds is 8. The van der Waals surface area contributed by atoms with E-state index in [4.69, 9.17) is 5.73 Å². The van der Waals surface area contributed by atoms with Crippen molar-refractivity contribution in [2.24, 2.45) is 10.7 Å². The zero-order valence-electron chi connectivity index (χ0n) is 13.3. The van der Waals surface area contributed by atoms with Crippen molar-refractivity contribution in [1.29, 1.82) is 0 Å². The van der Waals surface area contributed by atoms with Gasteiger partial charge in [0.05, 0.1) is 12.2 Å². The van der Waals surface area contributed by atoms with Crippen LogP contribution in [0.2, 0.25) is 0 Å². The third kappa shape index (κ3) is 6.47. The molecule has 0 heterocycles. The average Bonchev–Trinajstić information content (AvgIpc) is 2.44. The molecule has 5 heteroatoms. The van der Waals surface area contributed by atoms with Crippen LogP contribution in [0.15, 0.2) is 23.2 Å². The van der Waals surface area contributed by atoms with Gasteiger partial charge in [-0.25, -0.2) is 9.38 Å². The normalized spacial score (nSPS) is 11.5. The first-order valence-electron chi connectivity index (χ1n) is 7.54. The van der Waals surface area contributed by atoms with Gasteiger partial charge in [-0.3, -0.25) is 0 Å². The van der Waals surface area contributed by atoms with Gasteiger partial charge in [-0.15, -0.1) is 0 Å². The Kier molecular flexibility index (Phi) is 7.58. The fourth-order valence-electron chi connectivity index (χ4n) is 2.01. The lowest BCUT2D eigenvalue weighted by Crippen LogP contribution is -2.32. The predicted molar refractivity (Wildman–Crippen MR) is 88.2 cm³/mol. The SMILES string of the molecule is CCCCCCNC(N)=NCc1ccc(N(C)C)c(F)c1. The van der Waals surface area contributed by atoms with E-state index in [1.54, 1.807) is 11.0 Å². The van der Waals surface area contributed by atoms with Gasteiger partial charge in [-0.05, 0) is 24.1 Å². The Bertz CT molecular complexity index is 458. The van der Waals surface area contributed by atoms with Crippen molar-refractivity contribution in [2.45, 2.75) is 39.2 Å². The molecule has 0 amide bonds. The molecule has 0 saturated heterocycles. The van der Waals surface area contributed by atoms with Crippen LogP contribution < -0.4 is 16.0 Å². The first-order chi connectivity index (χ1) is 10.0. The van der Waals surface area contributed by atoms with Gasteiger partial charge in [0.15, 0.2) is 5.96 Å². The summed E-state index contributed by atoms with van der Waals surface area (Å²) in [5.41, 5.74) is 7.18. The van der Waals surface area contributed by atoms with Gasteiger partial charge < -0.3 is 16.0 Å². The molecule has 0 aliphatic heterocycles. The van der Waals surface area contributed by atoms with E-state index in [0.717, 1.165) is 18.5 Å². The van der Waals surface area contributed by atoms with E-state index in [2.05, 4.69) is 17.2 Å². The molecule has 4 nitrogen and oxygen atoms in total. The summed E-state index contributed by atoms with van der Waals surface area (Å²) in [4.78, 5) is 5.98. The first kappa shape index (κ1) is 17.3. The van der Waals surface area contributed by atoms with E-state index >= 15 is 0 Å². The Hall–Kier alpha value is -1.78. The van der Waals surface area contributed by atoms with Crippen molar-refractivity contribution in [3.63, 3.8) is 0 Å². The number of benzene rings is 1. The average molecular weight is 294 g/mol. The lowest BCUT2D eigenvalue weighted by atomic mass is 10.2. The summed E-state index contributed by atoms with van der Waals surface area (Å²) in [6, 6.07) is 5.14. The second-order valence-electron chi connectivity index (χ2n) is 5.37. The highest BCUT2D eigenvalue weighted by Crippen LogP contribution is 2.18. The van der Waals surface area contributed by atoms with Crippen LogP contribution in [0.3, 0.4) is 0 Å². The van der Waals surface area contributed by atoms with Gasteiger partial charge in [0, 0.05) is 20.6 Å². The molecule has 21 heavy (non-hydrogen) atoms. The predicted octanol–water partition coefficient (Wildman–Crippen LogP) is 2.88. The number of halogens is 1. The molecule has 0 atom stereocenters. The van der Waals surface area contributed by atoms with Gasteiger partial charge in [0.25, 0.3) is 0 Å². The maximum atomic E-state index is 13.8. The van der Waals surface area contributed by atoms with Crippen molar-refractivity contribution in [1.82, 2.24) is 5.32 Å². The summed E-state index contributed by atoms with van der Waals surface area (Å²) in [7, 11) is 3.63. The van der Waals surface area contributed by atoms with Gasteiger partial charge in [-0.2, -0.15) is 0 Å². The molecule has 0 bridgehead atoms. The topological polar surface area (TPSA) is 53.6 Å². The van der Waals surface area contributed by atoms with Crippen LogP contribution >= 0.6 is 0 Å². The zero-order valence-corrected chi connectivity index (χ0v) is 13.3. The molecule has 1 aromatic rings. The van der Waals surface area contributed by atoms with Crippen LogP contribution in [-0.2, 0) is 6.54 Å². The molecule has 0 fully saturated rings. The van der Waals surface area contributed by atoms with Crippen LogP contribution in [0.5, 0.6) is 0 Å². The molecule has 1 rings (SSSR count). The molecular weight excluding hydrogens is 267 g/mol. The number of aliphatic imine (C=N–C) groups is 1. The molecule has 0 aliphatic rings. The molecular formula is C16H27FN4. The standard InChI is InChI=1S/C16H27FN4/c1-4-5-6-7-10-19-16(18)20-12-13-8-9-15(21(2)3)14(17)11-13/h8-9,11H,4-7,10,12H2,1-3H3,(H3,18,19,20). The van der Waals surface area contributed by atoms with Crippen LogP contribution in [0, 0.1) is 5.82 Å². The Morgan fingerprint density at radius 3 is 2.67 bits per heavy atom. The smallest absolute Gasteiger partial charge is 0.188 e. The van der Waals surface area contributed by atoms with Crippen LogP contribution in [0.1, 0.15) is 38.2 Å². The zero-order chi connectivity index (χ0) is 15.7. The number of nitrogens with zero attached hydrogens (tertiary/aromatic N) is 2. The molecule has 3 N–H and O–H groups in total. The lowest BCUT2D eigenvalue weighted by molar-refractivity contribution is 0.623. The van der Waals surface area contributed by atoms with Crippen LogP contribution in [0.25, 0.3) is 0 Å². The first-order valence-corrected chi connectivity index (χ1v) is 7.54. The number of unbranched alkanes of at least 4 members (excludes halogenated alkanes) is 3. The van der Waals surface area contributed by atoms with E-state index in [9.17, 15) is 4.39 Å². The van der Waals surface area contributed by atoms with E-state index in [0.29, 0.717) is 18.2 Å². The largest absolute Gasteiger partial charge is 0.375 e. The van der Waals surface area contributed by atoms with E-state index < -0.39 is 0 Å². The van der Waals surface area contributed by atoms with E-state index in [1.807, 2.05) is 20.2 Å². The van der Waals surface area contributed by atoms with Gasteiger partial charge in [0.2, 0.25) is 0 Å². The Morgan fingerprint density at radius 1 is 1.29 bits per heavy atom. The summed E-state index contributed by atoms with van der Waals surface area (Å²) in [5.74, 6) is 0.183. The van der Waals surface area contributed by atoms with Crippen molar-refractivity contribution < 1.29 is 4.39 Å². The maximum Gasteiger partial charge on any atom is 0.188 e. The second kappa shape index (κ2) is 9.21. The van der Waals surface area contributed by atoms with Crippen molar-refractivity contribution in [2.75, 3.05) is 25.5 Å².